The van der Waals surface area contributed by atoms with Crippen LogP contribution in [0.15, 0.2) is 30.6 Å². The van der Waals surface area contributed by atoms with E-state index in [1.807, 2.05) is 13.8 Å². The van der Waals surface area contributed by atoms with E-state index in [2.05, 4.69) is 15.4 Å². The number of anilines is 2. The van der Waals surface area contributed by atoms with Crippen LogP contribution in [0.4, 0.5) is 20.2 Å². The minimum absolute atomic E-state index is 0.0357. The number of amides is 1. The zero-order valence-electron chi connectivity index (χ0n) is 14.9. The van der Waals surface area contributed by atoms with Gasteiger partial charge in [-0.1, -0.05) is 0 Å². The Morgan fingerprint density at radius 3 is 2.38 bits per heavy atom. The summed E-state index contributed by atoms with van der Waals surface area (Å²) in [4.78, 5) is 18.0. The molecule has 3 aromatic rings. The van der Waals surface area contributed by atoms with Gasteiger partial charge in [0.05, 0.1) is 11.8 Å². The molecule has 1 amide bonds. The van der Waals surface area contributed by atoms with Crippen LogP contribution in [-0.2, 0) is 0 Å². The lowest BCUT2D eigenvalue weighted by Crippen LogP contribution is -2.16. The van der Waals surface area contributed by atoms with Gasteiger partial charge in [0.15, 0.2) is 17.3 Å². The van der Waals surface area contributed by atoms with Crippen molar-refractivity contribution in [3.05, 3.63) is 47.8 Å². The topological polar surface area (TPSA) is 63.1 Å². The average Bonchev–Trinajstić information content (AvgIpc) is 2.96. The summed E-state index contributed by atoms with van der Waals surface area (Å²) >= 11 is 0. The van der Waals surface area contributed by atoms with E-state index in [0.29, 0.717) is 11.0 Å². The van der Waals surface area contributed by atoms with E-state index in [0.717, 1.165) is 12.1 Å². The Bertz CT molecular complexity index is 958. The molecule has 136 valence electrons. The number of carbonyl (C=O) groups is 1. The standard InChI is InChI=1S/C18H19F2N5O/c1-10(2)25-17-11(9-22-25)5-12(8-21-17)18(26)23-13-6-14(19)16(24(3)4)15(20)7-13/h5-10H,1-4H3,(H,23,26). The van der Waals surface area contributed by atoms with Crippen molar-refractivity contribution in [2.24, 2.45) is 0 Å². The fourth-order valence-electron chi connectivity index (χ4n) is 2.71. The fraction of sp³-hybridized carbons (Fsp3) is 0.278. The summed E-state index contributed by atoms with van der Waals surface area (Å²) in [5.74, 6) is -2.01. The normalized spacial score (nSPS) is 11.2. The van der Waals surface area contributed by atoms with Crippen LogP contribution in [0.1, 0.15) is 30.2 Å². The third-order valence-electron chi connectivity index (χ3n) is 3.91. The summed E-state index contributed by atoms with van der Waals surface area (Å²) < 4.78 is 29.8. The Balaban J connectivity index is 1.87. The zero-order valence-corrected chi connectivity index (χ0v) is 14.9. The third-order valence-corrected chi connectivity index (χ3v) is 3.91. The summed E-state index contributed by atoms with van der Waals surface area (Å²) in [6, 6.07) is 3.95. The van der Waals surface area contributed by atoms with Crippen LogP contribution < -0.4 is 10.2 Å². The van der Waals surface area contributed by atoms with Crippen molar-refractivity contribution >= 4 is 28.3 Å². The van der Waals surface area contributed by atoms with Crippen LogP contribution in [0.2, 0.25) is 0 Å². The molecule has 2 heterocycles. The number of hydrogen-bond acceptors (Lipinski definition) is 4. The van der Waals surface area contributed by atoms with Gasteiger partial charge in [0.25, 0.3) is 5.91 Å². The number of rotatable bonds is 4. The molecule has 0 spiro atoms. The smallest absolute Gasteiger partial charge is 0.257 e. The summed E-state index contributed by atoms with van der Waals surface area (Å²) in [6.07, 6.45) is 3.05. The molecule has 0 saturated heterocycles. The Morgan fingerprint density at radius 1 is 1.15 bits per heavy atom. The highest BCUT2D eigenvalue weighted by molar-refractivity contribution is 6.05. The molecule has 6 nitrogen and oxygen atoms in total. The minimum Gasteiger partial charge on any atom is -0.373 e. The van der Waals surface area contributed by atoms with Gasteiger partial charge in [-0.2, -0.15) is 5.10 Å². The molecular weight excluding hydrogens is 340 g/mol. The number of aromatic nitrogens is 3. The molecular formula is C18H19F2N5O. The molecule has 0 aliphatic heterocycles. The van der Waals surface area contributed by atoms with Crippen molar-refractivity contribution < 1.29 is 13.6 Å². The number of pyridine rings is 1. The predicted octanol–water partition coefficient (Wildman–Crippen LogP) is 3.61. The first-order valence-electron chi connectivity index (χ1n) is 8.09. The molecule has 1 aromatic carbocycles. The maximum Gasteiger partial charge on any atom is 0.257 e. The number of halogens is 2. The van der Waals surface area contributed by atoms with Gasteiger partial charge in [-0.25, -0.2) is 18.4 Å². The highest BCUT2D eigenvalue weighted by Crippen LogP contribution is 2.26. The first-order chi connectivity index (χ1) is 12.3. The van der Waals surface area contributed by atoms with Crippen molar-refractivity contribution in [2.45, 2.75) is 19.9 Å². The van der Waals surface area contributed by atoms with Crippen molar-refractivity contribution in [1.82, 2.24) is 14.8 Å². The molecule has 0 fully saturated rings. The maximum atomic E-state index is 14.0. The molecule has 0 radical (unpaired) electrons. The van der Waals surface area contributed by atoms with Crippen molar-refractivity contribution in [1.29, 1.82) is 0 Å². The number of hydrogen-bond donors (Lipinski definition) is 1. The first-order valence-corrected chi connectivity index (χ1v) is 8.09. The van der Waals surface area contributed by atoms with Crippen LogP contribution >= 0.6 is 0 Å². The molecule has 1 N–H and O–H groups in total. The van der Waals surface area contributed by atoms with Gasteiger partial charge < -0.3 is 10.2 Å². The molecule has 0 unspecified atom stereocenters. The van der Waals surface area contributed by atoms with E-state index in [4.69, 9.17) is 0 Å². The molecule has 0 aliphatic rings. The van der Waals surface area contributed by atoms with Crippen molar-refractivity contribution in [2.75, 3.05) is 24.3 Å². The lowest BCUT2D eigenvalue weighted by Gasteiger charge is -2.15. The number of fused-ring (bicyclic) bond motifs is 1. The van der Waals surface area contributed by atoms with Crippen LogP contribution in [0.5, 0.6) is 0 Å². The van der Waals surface area contributed by atoms with E-state index >= 15 is 0 Å². The predicted molar refractivity (Wildman–Crippen MR) is 96.6 cm³/mol. The second-order valence-electron chi connectivity index (χ2n) is 6.46. The minimum atomic E-state index is -0.753. The summed E-state index contributed by atoms with van der Waals surface area (Å²) in [7, 11) is 3.08. The van der Waals surface area contributed by atoms with Gasteiger partial charge in [0.1, 0.15) is 5.69 Å². The second-order valence-corrected chi connectivity index (χ2v) is 6.46. The van der Waals surface area contributed by atoms with Gasteiger partial charge in [-0.15, -0.1) is 0 Å². The molecule has 0 atom stereocenters. The quantitative estimate of drug-likeness (QED) is 0.773. The molecule has 3 rings (SSSR count). The Kier molecular flexibility index (Phi) is 4.58. The summed E-state index contributed by atoms with van der Waals surface area (Å²) in [5, 5.41) is 7.46. The molecule has 0 saturated carbocycles. The number of benzene rings is 1. The highest BCUT2D eigenvalue weighted by atomic mass is 19.1. The van der Waals surface area contributed by atoms with Gasteiger partial charge in [-0.05, 0) is 32.0 Å². The largest absolute Gasteiger partial charge is 0.373 e. The van der Waals surface area contributed by atoms with E-state index in [9.17, 15) is 13.6 Å². The van der Waals surface area contributed by atoms with E-state index in [-0.39, 0.29) is 23.0 Å². The lowest BCUT2D eigenvalue weighted by atomic mass is 10.2. The van der Waals surface area contributed by atoms with Crippen LogP contribution in [0.25, 0.3) is 11.0 Å². The summed E-state index contributed by atoms with van der Waals surface area (Å²) in [6.45, 7) is 3.96. The Hall–Kier alpha value is -3.03. The lowest BCUT2D eigenvalue weighted by molar-refractivity contribution is 0.102. The van der Waals surface area contributed by atoms with Gasteiger partial charge in [0.2, 0.25) is 0 Å². The molecule has 2 aromatic heterocycles. The number of nitrogens with one attached hydrogen (secondary N) is 1. The second kappa shape index (κ2) is 6.70. The number of carbonyl (C=O) groups excluding carboxylic acids is 1. The third kappa shape index (κ3) is 3.22. The van der Waals surface area contributed by atoms with E-state index < -0.39 is 17.5 Å². The first kappa shape index (κ1) is 17.8. The van der Waals surface area contributed by atoms with Crippen LogP contribution in [-0.4, -0.2) is 34.8 Å². The Morgan fingerprint density at radius 2 is 1.81 bits per heavy atom. The molecule has 8 heteroatoms. The fourth-order valence-corrected chi connectivity index (χ4v) is 2.71. The summed E-state index contributed by atoms with van der Waals surface area (Å²) in [5.41, 5.74) is 0.822. The SMILES string of the molecule is CC(C)n1ncc2cc(C(=O)Nc3cc(F)c(N(C)C)c(F)c3)cnc21. The van der Waals surface area contributed by atoms with Gasteiger partial charge in [0, 0.05) is 37.4 Å². The van der Waals surface area contributed by atoms with Gasteiger partial charge >= 0.3 is 0 Å². The van der Waals surface area contributed by atoms with Crippen LogP contribution in [0.3, 0.4) is 0 Å². The van der Waals surface area contributed by atoms with Crippen molar-refractivity contribution in [3.63, 3.8) is 0 Å². The van der Waals surface area contributed by atoms with E-state index in [1.54, 1.807) is 16.9 Å². The monoisotopic (exact) mass is 359 g/mol. The van der Waals surface area contributed by atoms with Crippen molar-refractivity contribution in [3.8, 4) is 0 Å². The molecule has 0 aliphatic carbocycles. The highest BCUT2D eigenvalue weighted by Gasteiger charge is 2.16. The van der Waals surface area contributed by atoms with Gasteiger partial charge in [-0.3, -0.25) is 4.79 Å². The molecule has 26 heavy (non-hydrogen) atoms. The number of nitrogens with zero attached hydrogens (tertiary/aromatic N) is 4. The Labute approximate surface area is 149 Å². The average molecular weight is 359 g/mol. The van der Waals surface area contributed by atoms with Crippen LogP contribution in [0, 0.1) is 11.6 Å². The maximum absolute atomic E-state index is 14.0. The zero-order chi connectivity index (χ0) is 19.0. The van der Waals surface area contributed by atoms with E-state index in [1.165, 1.54) is 25.2 Å². The molecule has 0 bridgehead atoms.